The molecule has 0 bridgehead atoms. The van der Waals surface area contributed by atoms with Gasteiger partial charge in [-0.25, -0.2) is 8.78 Å². The van der Waals surface area contributed by atoms with Gasteiger partial charge in [0.1, 0.15) is 23.1 Å². The van der Waals surface area contributed by atoms with E-state index >= 15 is 26.3 Å². The molecule has 8 aromatic carbocycles. The number of unbranched alkanes of at least 4 members (excludes halogenated alkanes) is 2. The molecule has 436 valence electrons. The molecule has 8 aromatic rings. The van der Waals surface area contributed by atoms with Gasteiger partial charge in [0.05, 0.1) is 11.1 Å². The van der Waals surface area contributed by atoms with Crippen LogP contribution in [0, 0.1) is 11.6 Å². The van der Waals surface area contributed by atoms with Crippen molar-refractivity contribution in [2.75, 3.05) is 14.2 Å². The molecule has 15 heteroatoms. The maximum Gasteiger partial charge on any atom is 0.414 e. The zero-order chi connectivity index (χ0) is 59.7. The Kier molecular flexibility index (Phi) is 19.7. The zero-order valence-corrected chi connectivity index (χ0v) is 46.2. The third-order valence-corrected chi connectivity index (χ3v) is 15.0. The van der Waals surface area contributed by atoms with E-state index < -0.39 is 107 Å². The molecule has 0 spiro atoms. The van der Waals surface area contributed by atoms with Crippen LogP contribution < -0.4 is 4.74 Å². The highest BCUT2D eigenvalue weighted by atomic mass is 19.4. The van der Waals surface area contributed by atoms with Gasteiger partial charge in [0.25, 0.3) is 0 Å². The van der Waals surface area contributed by atoms with E-state index in [1.807, 2.05) is 13.8 Å². The minimum Gasteiger partial charge on any atom is -0.456 e. The molecule has 0 aliphatic heterocycles. The van der Waals surface area contributed by atoms with E-state index in [4.69, 9.17) is 14.2 Å². The number of halogens is 12. The van der Waals surface area contributed by atoms with Gasteiger partial charge in [0, 0.05) is 49.3 Å². The first-order chi connectivity index (χ1) is 39.6. The normalized spacial score (nSPS) is 13.1. The Morgan fingerprint density at radius 3 is 1.07 bits per heavy atom. The molecule has 0 saturated carbocycles. The maximum absolute atomic E-state index is 18.0. The van der Waals surface area contributed by atoms with Crippen LogP contribution in [-0.4, -0.2) is 38.8 Å². The van der Waals surface area contributed by atoms with Gasteiger partial charge in [-0.15, -0.1) is 0 Å². The van der Waals surface area contributed by atoms with Crippen molar-refractivity contribution in [2.45, 2.75) is 114 Å². The molecule has 2 atom stereocenters. The Bertz CT molecular complexity index is 3200. The molecule has 0 fully saturated rings. The monoisotopic (exact) mass is 1150 g/mol. The van der Waals surface area contributed by atoms with Crippen LogP contribution in [-0.2, 0) is 59.8 Å². The Hall–Kier alpha value is -7.36. The van der Waals surface area contributed by atoms with E-state index in [1.54, 1.807) is 48.5 Å². The number of hydrogen-bond acceptors (Lipinski definition) is 3. The first-order valence-electron chi connectivity index (χ1n) is 27.4. The summed E-state index contributed by atoms with van der Waals surface area (Å²) in [7, 11) is 1.65. The molecule has 0 N–H and O–H groups in total. The minimum absolute atomic E-state index is 0.248. The fraction of sp³-hybridized carbons (Fsp3) is 0.294. The summed E-state index contributed by atoms with van der Waals surface area (Å²) in [4.78, 5) is 0. The van der Waals surface area contributed by atoms with E-state index in [1.165, 1.54) is 72.8 Å². The second-order valence-electron chi connectivity index (χ2n) is 20.7. The summed E-state index contributed by atoms with van der Waals surface area (Å²) >= 11 is 0. The lowest BCUT2D eigenvalue weighted by Crippen LogP contribution is -2.33. The highest BCUT2D eigenvalue weighted by molar-refractivity contribution is 5.67. The Labute approximate surface area is 475 Å². The summed E-state index contributed by atoms with van der Waals surface area (Å²) in [5, 5.41) is 0. The fourth-order valence-corrected chi connectivity index (χ4v) is 10.4. The van der Waals surface area contributed by atoms with Crippen molar-refractivity contribution in [3.05, 3.63) is 248 Å². The predicted molar refractivity (Wildman–Crippen MR) is 299 cm³/mol. The van der Waals surface area contributed by atoms with Gasteiger partial charge in [-0.05, 0) is 118 Å². The molecule has 8 rings (SSSR count). The SMILES string of the molecule is CCCCc1ccc(-c2ccc(Cc3c(CC(OC)C(F)(F)F)ccc(Oc4ccc(CC(OC)C(F)(F)F)c(Cc5ccc(-c6ccc(CCCC)cc6F)cc5)c4C(F)(F)c4ccccc4)c3C(F)(F)c3ccccc3)cc2)c(F)c1. The number of benzene rings is 8. The number of methoxy groups -OCH3 is 2. The van der Waals surface area contributed by atoms with Crippen molar-refractivity contribution in [3.63, 3.8) is 0 Å². The van der Waals surface area contributed by atoms with Gasteiger partial charge in [-0.3, -0.25) is 0 Å². The lowest BCUT2D eigenvalue weighted by atomic mass is 9.85. The van der Waals surface area contributed by atoms with Gasteiger partial charge in [-0.2, -0.15) is 43.9 Å². The average Bonchev–Trinajstić information content (AvgIpc) is 3.55. The van der Waals surface area contributed by atoms with Crippen LogP contribution in [0.15, 0.2) is 170 Å². The molecule has 0 saturated heterocycles. The molecular weight excluding hydrogens is 1090 g/mol. The Balaban J connectivity index is 1.34. The smallest absolute Gasteiger partial charge is 0.414 e. The van der Waals surface area contributed by atoms with Crippen LogP contribution in [0.4, 0.5) is 52.7 Å². The second-order valence-corrected chi connectivity index (χ2v) is 20.7. The topological polar surface area (TPSA) is 27.7 Å². The van der Waals surface area contributed by atoms with E-state index in [9.17, 15) is 26.3 Å². The third-order valence-electron chi connectivity index (χ3n) is 15.0. The zero-order valence-electron chi connectivity index (χ0n) is 46.2. The summed E-state index contributed by atoms with van der Waals surface area (Å²) in [6.45, 7) is 4.03. The standard InChI is InChI=1S/C68H62F12O3/c1-5-7-15-43-25-33-53(57(69)39-43)47-27-21-45(22-28-47)37-55-49(41-61(81-3)67(75,76)77)31-35-59(63(55)65(71,72)51-17-11-9-12-18-51)83-60-36-32-50(42-62(82-4)68(78,79)80)56(64(60)66(73,74)52-19-13-10-14-20-52)38-46-23-29-48(30-24-46)54-34-26-44(16-8-6-2)40-58(54)70/h9-14,17-36,39-40,61-62H,5-8,15-16,37-38,41-42H2,1-4H3. The molecule has 0 radical (unpaired) electrons. The van der Waals surface area contributed by atoms with Gasteiger partial charge in [-0.1, -0.05) is 172 Å². The molecule has 83 heavy (non-hydrogen) atoms. The molecule has 0 amide bonds. The van der Waals surface area contributed by atoms with Crippen LogP contribution in [0.25, 0.3) is 22.3 Å². The molecule has 0 aromatic heterocycles. The highest BCUT2D eigenvalue weighted by Gasteiger charge is 2.46. The highest BCUT2D eigenvalue weighted by Crippen LogP contribution is 2.51. The van der Waals surface area contributed by atoms with Gasteiger partial charge < -0.3 is 14.2 Å². The second kappa shape index (κ2) is 26.5. The molecule has 2 unspecified atom stereocenters. The lowest BCUT2D eigenvalue weighted by molar-refractivity contribution is -0.212. The largest absolute Gasteiger partial charge is 0.456 e. The van der Waals surface area contributed by atoms with Crippen molar-refractivity contribution in [3.8, 4) is 33.8 Å². The van der Waals surface area contributed by atoms with Crippen LogP contribution >= 0.6 is 0 Å². The Morgan fingerprint density at radius 1 is 0.410 bits per heavy atom. The Morgan fingerprint density at radius 2 is 0.759 bits per heavy atom. The summed E-state index contributed by atoms with van der Waals surface area (Å²) < 4.78 is 207. The quantitative estimate of drug-likeness (QED) is 0.0565. The number of aryl methyl sites for hydroxylation is 2. The number of hydrogen-bond donors (Lipinski definition) is 0. The van der Waals surface area contributed by atoms with Crippen LogP contribution in [0.5, 0.6) is 11.5 Å². The lowest BCUT2D eigenvalue weighted by Gasteiger charge is -2.30. The van der Waals surface area contributed by atoms with Gasteiger partial charge in [0.2, 0.25) is 0 Å². The first kappa shape index (κ1) is 61.7. The minimum atomic E-state index is -4.98. The van der Waals surface area contributed by atoms with Gasteiger partial charge in [0.15, 0.2) is 12.2 Å². The molecule has 3 nitrogen and oxygen atoms in total. The van der Waals surface area contributed by atoms with E-state index in [2.05, 4.69) is 0 Å². The van der Waals surface area contributed by atoms with E-state index in [-0.39, 0.29) is 44.5 Å². The van der Waals surface area contributed by atoms with Gasteiger partial charge >= 0.3 is 24.2 Å². The molecule has 0 heterocycles. The maximum atomic E-state index is 18.0. The van der Waals surface area contributed by atoms with Crippen molar-refractivity contribution in [1.29, 1.82) is 0 Å². The molecule has 0 aliphatic rings. The summed E-state index contributed by atoms with van der Waals surface area (Å²) in [6.07, 6.45) is -13.1. The average molecular weight is 1160 g/mol. The van der Waals surface area contributed by atoms with Crippen LogP contribution in [0.2, 0.25) is 0 Å². The van der Waals surface area contributed by atoms with Crippen LogP contribution in [0.3, 0.4) is 0 Å². The van der Waals surface area contributed by atoms with E-state index in [0.29, 0.717) is 24.0 Å². The summed E-state index contributed by atoms with van der Waals surface area (Å²) in [5.74, 6) is -10.8. The first-order valence-corrected chi connectivity index (χ1v) is 27.4. The summed E-state index contributed by atoms with van der Waals surface area (Å²) in [6, 6.07) is 38.7. The number of rotatable bonds is 24. The predicted octanol–water partition coefficient (Wildman–Crippen LogP) is 19.5. The number of alkyl halides is 10. The molecule has 0 aliphatic carbocycles. The third kappa shape index (κ3) is 14.5. The van der Waals surface area contributed by atoms with Crippen molar-refractivity contribution >= 4 is 0 Å². The van der Waals surface area contributed by atoms with E-state index in [0.717, 1.165) is 99.6 Å². The number of ether oxygens (including phenoxy) is 3. The summed E-state index contributed by atoms with van der Waals surface area (Å²) in [5.41, 5.74) is -1.03. The van der Waals surface area contributed by atoms with Crippen molar-refractivity contribution in [2.24, 2.45) is 0 Å². The molecular formula is C68H62F12O3. The fourth-order valence-electron chi connectivity index (χ4n) is 10.4. The van der Waals surface area contributed by atoms with Crippen LogP contribution in [0.1, 0.15) is 106 Å². The van der Waals surface area contributed by atoms with Crippen molar-refractivity contribution in [1.82, 2.24) is 0 Å². The van der Waals surface area contributed by atoms with Crippen molar-refractivity contribution < 1.29 is 66.9 Å².